The van der Waals surface area contributed by atoms with Gasteiger partial charge in [-0.05, 0) is 12.8 Å². The number of rotatable bonds is 6. The standard InChI is InChI=1S/C7H15N3O3S/c8-14(12,13)4-3-9-5-7(11)10-6-1-2-6/h6,9H,1-5H2,(H,10,11)(H2,8,12,13). The van der Waals surface area contributed by atoms with Gasteiger partial charge in [0.1, 0.15) is 0 Å². The summed E-state index contributed by atoms with van der Waals surface area (Å²) in [5.41, 5.74) is 0. The highest BCUT2D eigenvalue weighted by Gasteiger charge is 2.22. The van der Waals surface area contributed by atoms with Crippen molar-refractivity contribution in [3.05, 3.63) is 0 Å². The van der Waals surface area contributed by atoms with Crippen molar-refractivity contribution in [3.63, 3.8) is 0 Å². The van der Waals surface area contributed by atoms with Crippen LogP contribution in [0, 0.1) is 0 Å². The Kier molecular flexibility index (Phi) is 3.85. The Bertz CT molecular complexity index is 297. The molecule has 0 aromatic heterocycles. The van der Waals surface area contributed by atoms with Gasteiger partial charge in [-0.3, -0.25) is 4.79 Å². The highest BCUT2D eigenvalue weighted by Crippen LogP contribution is 2.17. The average Bonchev–Trinajstić information content (AvgIpc) is 2.80. The lowest BCUT2D eigenvalue weighted by atomic mass is 10.5. The number of nitrogens with one attached hydrogen (secondary N) is 2. The first-order chi connectivity index (χ1) is 6.47. The quantitative estimate of drug-likeness (QED) is 0.458. The zero-order chi connectivity index (χ0) is 10.6. The van der Waals surface area contributed by atoms with Gasteiger partial charge in [-0.25, -0.2) is 13.6 Å². The summed E-state index contributed by atoms with van der Waals surface area (Å²) < 4.78 is 21.0. The van der Waals surface area contributed by atoms with E-state index in [0.717, 1.165) is 12.8 Å². The summed E-state index contributed by atoms with van der Waals surface area (Å²) in [6, 6.07) is 0.336. The van der Waals surface area contributed by atoms with Gasteiger partial charge in [-0.1, -0.05) is 0 Å². The molecule has 6 nitrogen and oxygen atoms in total. The van der Waals surface area contributed by atoms with Gasteiger partial charge >= 0.3 is 0 Å². The summed E-state index contributed by atoms with van der Waals surface area (Å²) in [6.07, 6.45) is 2.09. The third-order valence-corrected chi connectivity index (χ3v) is 2.56. The monoisotopic (exact) mass is 221 g/mol. The van der Waals surface area contributed by atoms with E-state index in [4.69, 9.17) is 5.14 Å². The number of hydrogen-bond donors (Lipinski definition) is 3. The smallest absolute Gasteiger partial charge is 0.234 e. The molecule has 0 aromatic carbocycles. The van der Waals surface area contributed by atoms with Crippen molar-refractivity contribution in [1.82, 2.24) is 10.6 Å². The van der Waals surface area contributed by atoms with Gasteiger partial charge < -0.3 is 10.6 Å². The molecule has 0 aliphatic heterocycles. The van der Waals surface area contributed by atoms with E-state index in [1.54, 1.807) is 0 Å². The number of amides is 1. The van der Waals surface area contributed by atoms with E-state index in [1.165, 1.54) is 0 Å². The average molecular weight is 221 g/mol. The molecular weight excluding hydrogens is 206 g/mol. The van der Waals surface area contributed by atoms with Gasteiger partial charge in [0.2, 0.25) is 15.9 Å². The zero-order valence-corrected chi connectivity index (χ0v) is 8.64. The van der Waals surface area contributed by atoms with E-state index in [2.05, 4.69) is 10.6 Å². The minimum absolute atomic E-state index is 0.0954. The van der Waals surface area contributed by atoms with Crippen molar-refractivity contribution in [2.75, 3.05) is 18.8 Å². The number of carbonyl (C=O) groups is 1. The van der Waals surface area contributed by atoms with Crippen LogP contribution in [-0.4, -0.2) is 39.2 Å². The van der Waals surface area contributed by atoms with Crippen molar-refractivity contribution in [2.24, 2.45) is 5.14 Å². The Hall–Kier alpha value is -0.660. The van der Waals surface area contributed by atoms with Crippen LogP contribution in [0.1, 0.15) is 12.8 Å². The summed E-state index contributed by atoms with van der Waals surface area (Å²) in [6.45, 7) is 0.350. The Morgan fingerprint density at radius 3 is 2.57 bits per heavy atom. The van der Waals surface area contributed by atoms with Crippen LogP contribution < -0.4 is 15.8 Å². The van der Waals surface area contributed by atoms with Crippen molar-refractivity contribution >= 4 is 15.9 Å². The minimum atomic E-state index is -3.43. The first kappa shape index (κ1) is 11.4. The van der Waals surface area contributed by atoms with Gasteiger partial charge in [-0.15, -0.1) is 0 Å². The lowest BCUT2D eigenvalue weighted by Gasteiger charge is -2.04. The summed E-state index contributed by atoms with van der Waals surface area (Å²) >= 11 is 0. The van der Waals surface area contributed by atoms with Gasteiger partial charge in [0.25, 0.3) is 0 Å². The molecule has 1 amide bonds. The lowest BCUT2D eigenvalue weighted by molar-refractivity contribution is -0.120. The molecule has 1 rings (SSSR count). The molecule has 1 aliphatic rings. The van der Waals surface area contributed by atoms with Crippen LogP contribution in [0.4, 0.5) is 0 Å². The van der Waals surface area contributed by atoms with Crippen LogP contribution in [0.25, 0.3) is 0 Å². The predicted octanol–water partition coefficient (Wildman–Crippen LogP) is -1.86. The maximum Gasteiger partial charge on any atom is 0.234 e. The van der Waals surface area contributed by atoms with Crippen LogP contribution in [0.3, 0.4) is 0 Å². The molecule has 82 valence electrons. The normalized spacial score (nSPS) is 16.6. The van der Waals surface area contributed by atoms with Crippen molar-refractivity contribution in [1.29, 1.82) is 0 Å². The first-order valence-electron chi connectivity index (χ1n) is 4.48. The van der Waals surface area contributed by atoms with Crippen LogP contribution >= 0.6 is 0 Å². The molecule has 0 radical (unpaired) electrons. The molecule has 7 heteroatoms. The molecule has 0 unspecified atom stereocenters. The molecule has 0 aromatic rings. The molecule has 1 fully saturated rings. The Labute approximate surface area is 83.3 Å². The first-order valence-corrected chi connectivity index (χ1v) is 6.19. The second-order valence-corrected chi connectivity index (χ2v) is 5.12. The second kappa shape index (κ2) is 4.72. The topological polar surface area (TPSA) is 101 Å². The zero-order valence-electron chi connectivity index (χ0n) is 7.82. The number of hydrogen-bond acceptors (Lipinski definition) is 4. The van der Waals surface area contributed by atoms with Crippen molar-refractivity contribution in [3.8, 4) is 0 Å². The van der Waals surface area contributed by atoms with Crippen LogP contribution in [0.5, 0.6) is 0 Å². The molecule has 0 saturated heterocycles. The molecule has 0 heterocycles. The molecule has 4 N–H and O–H groups in total. The summed E-state index contributed by atoms with van der Waals surface area (Å²) in [5.74, 6) is -0.245. The lowest BCUT2D eigenvalue weighted by Crippen LogP contribution is -2.37. The molecule has 0 spiro atoms. The fraction of sp³-hybridized carbons (Fsp3) is 0.857. The van der Waals surface area contributed by atoms with Gasteiger partial charge in [0, 0.05) is 12.6 Å². The Morgan fingerprint density at radius 2 is 2.07 bits per heavy atom. The van der Waals surface area contributed by atoms with Crippen LogP contribution in [-0.2, 0) is 14.8 Å². The van der Waals surface area contributed by atoms with E-state index in [9.17, 15) is 13.2 Å². The Morgan fingerprint density at radius 1 is 1.43 bits per heavy atom. The molecule has 0 atom stereocenters. The largest absolute Gasteiger partial charge is 0.352 e. The van der Waals surface area contributed by atoms with Crippen molar-refractivity contribution < 1.29 is 13.2 Å². The SMILES string of the molecule is NS(=O)(=O)CCNCC(=O)NC1CC1. The molecule has 0 bridgehead atoms. The maximum atomic E-state index is 11.1. The molecular formula is C7H15N3O3S. The number of primary sulfonamides is 1. The highest BCUT2D eigenvalue weighted by molar-refractivity contribution is 7.89. The third-order valence-electron chi connectivity index (χ3n) is 1.79. The second-order valence-electron chi connectivity index (χ2n) is 3.39. The van der Waals surface area contributed by atoms with Crippen LogP contribution in [0.15, 0.2) is 0 Å². The molecule has 1 saturated carbocycles. The van der Waals surface area contributed by atoms with Gasteiger partial charge in [-0.2, -0.15) is 0 Å². The molecule has 14 heavy (non-hydrogen) atoms. The fourth-order valence-corrected chi connectivity index (χ4v) is 1.35. The minimum Gasteiger partial charge on any atom is -0.352 e. The summed E-state index contributed by atoms with van der Waals surface area (Å²) in [7, 11) is -3.43. The number of sulfonamides is 1. The summed E-state index contributed by atoms with van der Waals surface area (Å²) in [5, 5.41) is 10.2. The van der Waals surface area contributed by atoms with E-state index < -0.39 is 10.0 Å². The third kappa shape index (κ3) is 5.90. The van der Waals surface area contributed by atoms with Gasteiger partial charge in [0.15, 0.2) is 0 Å². The number of carbonyl (C=O) groups excluding carboxylic acids is 1. The van der Waals surface area contributed by atoms with E-state index in [1.807, 2.05) is 0 Å². The molecule has 1 aliphatic carbocycles. The van der Waals surface area contributed by atoms with Crippen molar-refractivity contribution in [2.45, 2.75) is 18.9 Å². The van der Waals surface area contributed by atoms with E-state index in [0.29, 0.717) is 6.04 Å². The fourth-order valence-electron chi connectivity index (χ4n) is 0.923. The summed E-state index contributed by atoms with van der Waals surface area (Å²) in [4.78, 5) is 11.1. The van der Waals surface area contributed by atoms with Crippen LogP contribution in [0.2, 0.25) is 0 Å². The maximum absolute atomic E-state index is 11.1. The van der Waals surface area contributed by atoms with E-state index >= 15 is 0 Å². The predicted molar refractivity (Wildman–Crippen MR) is 52.0 cm³/mol. The Balaban J connectivity index is 2.00. The highest BCUT2D eigenvalue weighted by atomic mass is 32.2. The van der Waals surface area contributed by atoms with Gasteiger partial charge in [0.05, 0.1) is 12.3 Å². The number of nitrogens with two attached hydrogens (primary N) is 1. The van der Waals surface area contributed by atoms with E-state index in [-0.39, 0.29) is 24.7 Å².